The van der Waals surface area contributed by atoms with Crippen LogP contribution in [0.4, 0.5) is 0 Å². The van der Waals surface area contributed by atoms with Crippen LogP contribution in [0.1, 0.15) is 32.6 Å². The van der Waals surface area contributed by atoms with Crippen LogP contribution in [0.2, 0.25) is 0 Å². The molecule has 1 amide bonds. The summed E-state index contributed by atoms with van der Waals surface area (Å²) in [5.41, 5.74) is 5.59. The molecular weight excluding hydrogens is 196 g/mol. The highest BCUT2D eigenvalue weighted by Crippen LogP contribution is 2.32. The van der Waals surface area contributed by atoms with Gasteiger partial charge in [0.2, 0.25) is 5.91 Å². The summed E-state index contributed by atoms with van der Waals surface area (Å²) in [4.78, 5) is 22.3. The fourth-order valence-corrected chi connectivity index (χ4v) is 1.51. The first kappa shape index (κ1) is 12.0. The Morgan fingerprint density at radius 3 is 2.53 bits per heavy atom. The minimum Gasteiger partial charge on any atom is -0.480 e. The summed E-state index contributed by atoms with van der Waals surface area (Å²) in [5.74, 6) is -1.22. The van der Waals surface area contributed by atoms with E-state index in [2.05, 4.69) is 5.32 Å². The van der Waals surface area contributed by atoms with Crippen LogP contribution in [-0.4, -0.2) is 29.1 Å². The second kappa shape index (κ2) is 5.11. The molecule has 15 heavy (non-hydrogen) atoms. The van der Waals surface area contributed by atoms with Crippen LogP contribution >= 0.6 is 0 Å². The third-order valence-electron chi connectivity index (χ3n) is 2.59. The van der Waals surface area contributed by atoms with E-state index in [0.29, 0.717) is 6.42 Å². The summed E-state index contributed by atoms with van der Waals surface area (Å²) in [6.07, 6.45) is 3.15. The first-order valence-corrected chi connectivity index (χ1v) is 5.35. The average molecular weight is 214 g/mol. The van der Waals surface area contributed by atoms with Crippen molar-refractivity contribution in [2.45, 2.75) is 44.7 Å². The van der Waals surface area contributed by atoms with E-state index in [-0.39, 0.29) is 11.8 Å². The van der Waals surface area contributed by atoms with Gasteiger partial charge in [-0.05, 0) is 25.2 Å². The molecule has 5 heteroatoms. The van der Waals surface area contributed by atoms with Crippen molar-refractivity contribution < 1.29 is 14.7 Å². The van der Waals surface area contributed by atoms with Crippen LogP contribution in [-0.2, 0) is 9.59 Å². The van der Waals surface area contributed by atoms with Crippen molar-refractivity contribution in [3.8, 4) is 0 Å². The van der Waals surface area contributed by atoms with Crippen LogP contribution in [0.15, 0.2) is 0 Å². The van der Waals surface area contributed by atoms with Gasteiger partial charge in [-0.25, -0.2) is 4.79 Å². The molecule has 0 bridgehead atoms. The first-order chi connectivity index (χ1) is 7.06. The lowest BCUT2D eigenvalue weighted by molar-refractivity contribution is -0.142. The van der Waals surface area contributed by atoms with Crippen LogP contribution < -0.4 is 11.1 Å². The highest BCUT2D eigenvalue weighted by atomic mass is 16.4. The molecule has 2 atom stereocenters. The zero-order valence-electron chi connectivity index (χ0n) is 8.90. The number of rotatable bonds is 6. The van der Waals surface area contributed by atoms with Gasteiger partial charge in [0.15, 0.2) is 0 Å². The van der Waals surface area contributed by atoms with Gasteiger partial charge in [0.25, 0.3) is 0 Å². The minimum atomic E-state index is -0.963. The van der Waals surface area contributed by atoms with E-state index >= 15 is 0 Å². The van der Waals surface area contributed by atoms with Crippen LogP contribution in [0.25, 0.3) is 0 Å². The number of hydrogen-bond acceptors (Lipinski definition) is 3. The third kappa shape index (κ3) is 3.51. The second-order valence-electron chi connectivity index (χ2n) is 4.06. The Bertz CT molecular complexity index is 251. The van der Waals surface area contributed by atoms with Gasteiger partial charge in [0, 0.05) is 0 Å². The van der Waals surface area contributed by atoms with E-state index in [1.54, 1.807) is 0 Å². The van der Waals surface area contributed by atoms with Crippen molar-refractivity contribution in [3.63, 3.8) is 0 Å². The zero-order valence-corrected chi connectivity index (χ0v) is 8.90. The number of nitrogens with two attached hydrogens (primary N) is 1. The molecule has 1 rings (SSSR count). The van der Waals surface area contributed by atoms with Crippen molar-refractivity contribution >= 4 is 11.9 Å². The predicted molar refractivity (Wildman–Crippen MR) is 55.2 cm³/mol. The highest BCUT2D eigenvalue weighted by molar-refractivity contribution is 5.87. The molecule has 0 aromatic carbocycles. The second-order valence-corrected chi connectivity index (χ2v) is 4.06. The molecule has 0 aromatic rings. The summed E-state index contributed by atoms with van der Waals surface area (Å²) in [7, 11) is 0. The van der Waals surface area contributed by atoms with Crippen LogP contribution in [0, 0.1) is 5.92 Å². The number of carbonyl (C=O) groups excluding carboxylic acids is 1. The van der Waals surface area contributed by atoms with E-state index in [0.717, 1.165) is 19.3 Å². The molecule has 0 aliphatic heterocycles. The van der Waals surface area contributed by atoms with Gasteiger partial charge in [-0.1, -0.05) is 13.3 Å². The van der Waals surface area contributed by atoms with Crippen LogP contribution in [0.5, 0.6) is 0 Å². The number of carboxylic acids is 1. The maximum Gasteiger partial charge on any atom is 0.326 e. The van der Waals surface area contributed by atoms with Gasteiger partial charge in [0.05, 0.1) is 6.04 Å². The Morgan fingerprint density at radius 2 is 2.13 bits per heavy atom. The van der Waals surface area contributed by atoms with Gasteiger partial charge in [-0.15, -0.1) is 0 Å². The first-order valence-electron chi connectivity index (χ1n) is 5.35. The number of carbonyl (C=O) groups is 2. The van der Waals surface area contributed by atoms with Gasteiger partial charge >= 0.3 is 5.97 Å². The molecule has 0 heterocycles. The van der Waals surface area contributed by atoms with Gasteiger partial charge in [0.1, 0.15) is 6.04 Å². The summed E-state index contributed by atoms with van der Waals surface area (Å²) in [6, 6.07) is -1.34. The fourth-order valence-electron chi connectivity index (χ4n) is 1.51. The Hall–Kier alpha value is -1.10. The molecule has 0 saturated heterocycles. The Labute approximate surface area is 89.0 Å². The molecular formula is C10H18N2O3. The van der Waals surface area contributed by atoms with E-state index in [9.17, 15) is 9.59 Å². The van der Waals surface area contributed by atoms with E-state index in [1.807, 2.05) is 6.92 Å². The molecule has 1 aliphatic rings. The molecule has 1 aliphatic carbocycles. The third-order valence-corrected chi connectivity index (χ3v) is 2.59. The lowest BCUT2D eigenvalue weighted by Gasteiger charge is -2.16. The number of amides is 1. The predicted octanol–water partition coefficient (Wildman–Crippen LogP) is 0.0932. The Morgan fingerprint density at radius 1 is 1.53 bits per heavy atom. The lowest BCUT2D eigenvalue weighted by atomic mass is 10.1. The molecule has 86 valence electrons. The standard InChI is InChI=1S/C10H18N2O3/c1-2-3-7(11)9(13)12-8(10(14)15)6-4-5-6/h6-8H,2-5,11H2,1H3,(H,12,13)(H,14,15)/t7-,8?/m0/s1. The number of aliphatic carboxylic acids is 1. The smallest absolute Gasteiger partial charge is 0.326 e. The normalized spacial score (nSPS) is 19.3. The molecule has 1 fully saturated rings. The molecule has 4 N–H and O–H groups in total. The topological polar surface area (TPSA) is 92.4 Å². The summed E-state index contributed by atoms with van der Waals surface area (Å²) >= 11 is 0. The van der Waals surface area contributed by atoms with Crippen molar-refractivity contribution in [1.29, 1.82) is 0 Å². The lowest BCUT2D eigenvalue weighted by Crippen LogP contribution is -2.49. The van der Waals surface area contributed by atoms with E-state index in [4.69, 9.17) is 10.8 Å². The van der Waals surface area contributed by atoms with E-state index in [1.165, 1.54) is 0 Å². The Kier molecular flexibility index (Phi) is 4.08. The maximum absolute atomic E-state index is 11.5. The van der Waals surface area contributed by atoms with Crippen molar-refractivity contribution in [2.24, 2.45) is 11.7 Å². The number of carboxylic acid groups (broad SMARTS) is 1. The van der Waals surface area contributed by atoms with Gasteiger partial charge < -0.3 is 16.2 Å². The molecule has 0 aromatic heterocycles. The number of nitrogens with one attached hydrogen (secondary N) is 1. The molecule has 0 radical (unpaired) electrons. The largest absolute Gasteiger partial charge is 0.480 e. The number of hydrogen-bond donors (Lipinski definition) is 3. The SMILES string of the molecule is CCC[C@H](N)C(=O)NC(C(=O)O)C1CC1. The van der Waals surface area contributed by atoms with Crippen molar-refractivity contribution in [3.05, 3.63) is 0 Å². The van der Waals surface area contributed by atoms with Crippen molar-refractivity contribution in [2.75, 3.05) is 0 Å². The molecule has 0 spiro atoms. The van der Waals surface area contributed by atoms with Crippen molar-refractivity contribution in [1.82, 2.24) is 5.32 Å². The highest BCUT2D eigenvalue weighted by Gasteiger charge is 2.37. The van der Waals surface area contributed by atoms with Crippen LogP contribution in [0.3, 0.4) is 0 Å². The Balaban J connectivity index is 2.43. The quantitative estimate of drug-likeness (QED) is 0.584. The minimum absolute atomic E-state index is 0.0975. The molecule has 1 saturated carbocycles. The monoisotopic (exact) mass is 214 g/mol. The summed E-state index contributed by atoms with van der Waals surface area (Å²) in [6.45, 7) is 1.93. The maximum atomic E-state index is 11.5. The fraction of sp³-hybridized carbons (Fsp3) is 0.800. The zero-order chi connectivity index (χ0) is 11.4. The van der Waals surface area contributed by atoms with E-state index < -0.39 is 18.1 Å². The van der Waals surface area contributed by atoms with Gasteiger partial charge in [-0.3, -0.25) is 4.79 Å². The summed E-state index contributed by atoms with van der Waals surface area (Å²) in [5, 5.41) is 11.4. The van der Waals surface area contributed by atoms with Gasteiger partial charge in [-0.2, -0.15) is 0 Å². The average Bonchev–Trinajstić information content (AvgIpc) is 2.97. The molecule has 5 nitrogen and oxygen atoms in total. The molecule has 1 unspecified atom stereocenters. The summed E-state index contributed by atoms with van der Waals surface area (Å²) < 4.78 is 0.